The Morgan fingerprint density at radius 1 is 1.88 bits per heavy atom. The van der Waals surface area contributed by atoms with Gasteiger partial charge in [0.2, 0.25) is 0 Å². The van der Waals surface area contributed by atoms with Crippen LogP contribution in [0.3, 0.4) is 0 Å². The van der Waals surface area contributed by atoms with E-state index in [0.29, 0.717) is 5.82 Å². The zero-order chi connectivity index (χ0) is 5.82. The summed E-state index contributed by atoms with van der Waals surface area (Å²) in [6, 6.07) is 1.70. The minimum atomic E-state index is 0.560. The lowest BCUT2D eigenvalue weighted by Crippen LogP contribution is -1.91. The number of hydrogen-bond acceptors (Lipinski definition) is 3. The number of aromatic nitrogens is 1. The zero-order valence-corrected chi connectivity index (χ0v) is 4.73. The van der Waals surface area contributed by atoms with Gasteiger partial charge in [-0.1, -0.05) is 0 Å². The molecule has 3 nitrogen and oxygen atoms in total. The second-order valence-corrected chi connectivity index (χ2v) is 1.78. The first kappa shape index (κ1) is 5.24. The molecule has 0 spiro atoms. The Bertz CT molecular complexity index is 161. The SMILES string of the molecule is O=[C]Nc1ccsn1. The van der Waals surface area contributed by atoms with Crippen LogP contribution in [0.1, 0.15) is 0 Å². The minimum absolute atomic E-state index is 0.560. The van der Waals surface area contributed by atoms with Crippen LogP contribution >= 0.6 is 11.5 Å². The molecule has 0 aliphatic rings. The maximum absolute atomic E-state index is 9.60. The van der Waals surface area contributed by atoms with E-state index < -0.39 is 0 Å². The van der Waals surface area contributed by atoms with Gasteiger partial charge in [-0.3, -0.25) is 4.79 Å². The zero-order valence-electron chi connectivity index (χ0n) is 3.92. The Kier molecular flexibility index (Phi) is 1.58. The third-order valence-electron chi connectivity index (χ3n) is 0.617. The Morgan fingerprint density at radius 2 is 2.75 bits per heavy atom. The number of rotatable bonds is 2. The van der Waals surface area contributed by atoms with E-state index >= 15 is 0 Å². The van der Waals surface area contributed by atoms with E-state index in [1.165, 1.54) is 17.9 Å². The molecule has 1 aromatic heterocycles. The quantitative estimate of drug-likeness (QED) is 0.592. The molecule has 1 aromatic rings. The molecule has 0 atom stereocenters. The number of anilines is 1. The summed E-state index contributed by atoms with van der Waals surface area (Å²) in [7, 11) is 0. The molecule has 0 aromatic carbocycles. The number of carbonyl (C=O) groups excluding carboxylic acids is 1. The monoisotopic (exact) mass is 127 g/mol. The number of nitrogens with one attached hydrogen (secondary N) is 1. The highest BCUT2D eigenvalue weighted by Gasteiger charge is 1.87. The molecule has 1 amide bonds. The Labute approximate surface area is 50.5 Å². The molecule has 0 aliphatic heterocycles. The van der Waals surface area contributed by atoms with Gasteiger partial charge in [-0.15, -0.1) is 0 Å². The molecule has 0 unspecified atom stereocenters. The van der Waals surface area contributed by atoms with E-state index in [2.05, 4.69) is 9.69 Å². The van der Waals surface area contributed by atoms with Crippen molar-refractivity contribution >= 4 is 23.8 Å². The van der Waals surface area contributed by atoms with Crippen LogP contribution in [0.4, 0.5) is 5.82 Å². The van der Waals surface area contributed by atoms with Crippen molar-refractivity contribution in [3.63, 3.8) is 0 Å². The lowest BCUT2D eigenvalue weighted by molar-refractivity contribution is 0.561. The molecular weight excluding hydrogens is 124 g/mol. The highest BCUT2D eigenvalue weighted by atomic mass is 32.1. The summed E-state index contributed by atoms with van der Waals surface area (Å²) in [5.41, 5.74) is 0. The standard InChI is InChI=1S/C4H3N2OS/c7-3-5-4-1-2-8-6-4/h1-2H,(H,5,6,7). The van der Waals surface area contributed by atoms with Crippen molar-refractivity contribution < 1.29 is 4.79 Å². The van der Waals surface area contributed by atoms with Crippen LogP contribution in [0, 0.1) is 0 Å². The fraction of sp³-hybridized carbons (Fsp3) is 0. The number of hydrogen-bond donors (Lipinski definition) is 1. The molecule has 0 aliphatic carbocycles. The highest BCUT2D eigenvalue weighted by Crippen LogP contribution is 2.02. The fourth-order valence-electron chi connectivity index (χ4n) is 0.329. The minimum Gasteiger partial charge on any atom is -0.301 e. The lowest BCUT2D eigenvalue weighted by Gasteiger charge is -1.81. The van der Waals surface area contributed by atoms with Crippen molar-refractivity contribution in [1.82, 2.24) is 4.37 Å². The van der Waals surface area contributed by atoms with Gasteiger partial charge in [0.25, 0.3) is 0 Å². The van der Waals surface area contributed by atoms with Crippen LogP contribution in [0.2, 0.25) is 0 Å². The summed E-state index contributed by atoms with van der Waals surface area (Å²) in [5, 5.41) is 4.06. The van der Waals surface area contributed by atoms with Gasteiger partial charge in [-0.05, 0) is 17.6 Å². The molecule has 1 rings (SSSR count). The summed E-state index contributed by atoms with van der Waals surface area (Å²) in [5.74, 6) is 0.560. The van der Waals surface area contributed by atoms with Crippen molar-refractivity contribution in [2.24, 2.45) is 0 Å². The maximum atomic E-state index is 9.60. The second-order valence-electron chi connectivity index (χ2n) is 1.11. The smallest absolute Gasteiger partial charge is 0.301 e. The third-order valence-corrected chi connectivity index (χ3v) is 1.18. The van der Waals surface area contributed by atoms with Crippen molar-refractivity contribution in [3.05, 3.63) is 11.4 Å². The molecular formula is C4H3N2OS. The molecule has 0 saturated heterocycles. The normalized spacial score (nSPS) is 8.50. The first-order chi connectivity index (χ1) is 3.93. The molecule has 8 heavy (non-hydrogen) atoms. The Morgan fingerprint density at radius 3 is 3.25 bits per heavy atom. The average Bonchev–Trinajstić information content (AvgIpc) is 2.19. The number of amides is 1. The molecule has 1 radical (unpaired) electrons. The van der Waals surface area contributed by atoms with Crippen LogP contribution in [0.5, 0.6) is 0 Å². The summed E-state index contributed by atoms with van der Waals surface area (Å²) >= 11 is 1.29. The van der Waals surface area contributed by atoms with E-state index in [0.717, 1.165) is 0 Å². The topological polar surface area (TPSA) is 42.0 Å². The van der Waals surface area contributed by atoms with E-state index in [1.54, 1.807) is 11.4 Å². The molecule has 0 bridgehead atoms. The summed E-state index contributed by atoms with van der Waals surface area (Å²) in [4.78, 5) is 9.60. The third kappa shape index (κ3) is 1.04. The molecule has 1 heterocycles. The molecule has 0 saturated carbocycles. The van der Waals surface area contributed by atoms with Crippen LogP contribution in [-0.4, -0.2) is 10.8 Å². The van der Waals surface area contributed by atoms with Gasteiger partial charge in [0.15, 0.2) is 0 Å². The highest BCUT2D eigenvalue weighted by molar-refractivity contribution is 7.03. The molecule has 4 heteroatoms. The predicted molar refractivity (Wildman–Crippen MR) is 31.4 cm³/mol. The van der Waals surface area contributed by atoms with Crippen LogP contribution < -0.4 is 5.32 Å². The van der Waals surface area contributed by atoms with Gasteiger partial charge in [0.1, 0.15) is 5.82 Å². The van der Waals surface area contributed by atoms with Gasteiger partial charge >= 0.3 is 6.41 Å². The Balaban J connectivity index is 2.62. The first-order valence-corrected chi connectivity index (χ1v) is 2.80. The van der Waals surface area contributed by atoms with Gasteiger partial charge in [0.05, 0.1) is 0 Å². The van der Waals surface area contributed by atoms with E-state index in [9.17, 15) is 4.79 Å². The molecule has 41 valence electrons. The fourth-order valence-corrected chi connectivity index (χ4v) is 0.800. The lowest BCUT2D eigenvalue weighted by atomic mass is 10.7. The van der Waals surface area contributed by atoms with Gasteiger partial charge in [-0.2, -0.15) is 4.37 Å². The largest absolute Gasteiger partial charge is 0.315 e. The Hall–Kier alpha value is -0.900. The van der Waals surface area contributed by atoms with Crippen LogP contribution in [-0.2, 0) is 4.79 Å². The molecule has 1 N–H and O–H groups in total. The van der Waals surface area contributed by atoms with Gasteiger partial charge in [-0.25, -0.2) is 0 Å². The van der Waals surface area contributed by atoms with E-state index in [4.69, 9.17) is 0 Å². The second kappa shape index (κ2) is 2.42. The maximum Gasteiger partial charge on any atom is 0.315 e. The predicted octanol–water partition coefficient (Wildman–Crippen LogP) is 0.622. The first-order valence-electron chi connectivity index (χ1n) is 1.97. The van der Waals surface area contributed by atoms with Gasteiger partial charge < -0.3 is 5.32 Å². The van der Waals surface area contributed by atoms with E-state index in [1.807, 2.05) is 0 Å². The van der Waals surface area contributed by atoms with Crippen molar-refractivity contribution in [2.45, 2.75) is 0 Å². The van der Waals surface area contributed by atoms with Crippen LogP contribution in [0.15, 0.2) is 11.4 Å². The van der Waals surface area contributed by atoms with Gasteiger partial charge in [0, 0.05) is 5.38 Å². The summed E-state index contributed by atoms with van der Waals surface area (Å²) in [6.07, 6.45) is 1.51. The van der Waals surface area contributed by atoms with Crippen molar-refractivity contribution in [1.29, 1.82) is 0 Å². The number of nitrogens with zero attached hydrogens (tertiary/aromatic N) is 1. The summed E-state index contributed by atoms with van der Waals surface area (Å²) < 4.78 is 3.77. The molecule has 0 fully saturated rings. The summed E-state index contributed by atoms with van der Waals surface area (Å²) in [6.45, 7) is 0. The van der Waals surface area contributed by atoms with Crippen molar-refractivity contribution in [3.8, 4) is 0 Å². The van der Waals surface area contributed by atoms with Crippen LogP contribution in [0.25, 0.3) is 0 Å². The van der Waals surface area contributed by atoms with E-state index in [-0.39, 0.29) is 0 Å². The van der Waals surface area contributed by atoms with Crippen molar-refractivity contribution in [2.75, 3.05) is 5.32 Å². The average molecular weight is 127 g/mol.